The van der Waals surface area contributed by atoms with Gasteiger partial charge in [0.15, 0.2) is 5.78 Å². The summed E-state index contributed by atoms with van der Waals surface area (Å²) in [6.07, 6.45) is 1.51. The molecule has 1 rings (SSSR count). The van der Waals surface area contributed by atoms with Crippen molar-refractivity contribution in [3.05, 3.63) is 29.0 Å². The van der Waals surface area contributed by atoms with Crippen molar-refractivity contribution in [1.82, 2.24) is 4.98 Å². The van der Waals surface area contributed by atoms with E-state index < -0.39 is 0 Å². The highest BCUT2D eigenvalue weighted by Crippen LogP contribution is 2.08. The van der Waals surface area contributed by atoms with Crippen LogP contribution in [-0.4, -0.2) is 16.1 Å². The lowest BCUT2D eigenvalue weighted by molar-refractivity contribution is 0.101. The fourth-order valence-electron chi connectivity index (χ4n) is 0.626. The van der Waals surface area contributed by atoms with E-state index in [1.54, 1.807) is 12.1 Å². The minimum Gasteiger partial charge on any atom is -0.291 e. The quantitative estimate of drug-likeness (QED) is 0.620. The van der Waals surface area contributed by atoms with E-state index in [0.717, 1.165) is 0 Å². The Balaban J connectivity index is 0.00000121. The van der Waals surface area contributed by atoms with E-state index in [0.29, 0.717) is 10.7 Å². The van der Waals surface area contributed by atoms with Gasteiger partial charge in [-0.1, -0.05) is 27.5 Å². The number of hydrogen-bond donors (Lipinski definition) is 0. The van der Waals surface area contributed by atoms with Crippen LogP contribution >= 0.6 is 44.5 Å². The summed E-state index contributed by atoms with van der Waals surface area (Å²) < 4.78 is 0. The van der Waals surface area contributed by atoms with Crippen molar-refractivity contribution in [2.75, 3.05) is 5.33 Å². The summed E-state index contributed by atoms with van der Waals surface area (Å²) in [5.41, 5.74) is 0.398. The van der Waals surface area contributed by atoms with E-state index in [1.807, 2.05) is 0 Å². The molecule has 0 saturated carbocycles. The van der Waals surface area contributed by atoms with Crippen LogP contribution < -0.4 is 0 Å². The van der Waals surface area contributed by atoms with Gasteiger partial charge in [-0.2, -0.15) is 0 Å². The van der Waals surface area contributed by atoms with Crippen molar-refractivity contribution in [2.24, 2.45) is 0 Å². The van der Waals surface area contributed by atoms with Crippen LogP contribution in [0.3, 0.4) is 0 Å². The molecule has 1 aromatic heterocycles. The van der Waals surface area contributed by atoms with Crippen LogP contribution in [0.4, 0.5) is 0 Å². The van der Waals surface area contributed by atoms with Gasteiger partial charge in [0.2, 0.25) is 0 Å². The third-order valence-corrected chi connectivity index (χ3v) is 1.87. The number of nitrogens with zero attached hydrogens (tertiary/aromatic N) is 1. The molecule has 0 unspecified atom stereocenters. The zero-order valence-electron chi connectivity index (χ0n) is 5.96. The molecule has 0 fully saturated rings. The number of hydrogen-bond acceptors (Lipinski definition) is 2. The van der Waals surface area contributed by atoms with Crippen molar-refractivity contribution >= 4 is 50.3 Å². The fourth-order valence-corrected chi connectivity index (χ4v) is 1.07. The predicted octanol–water partition coefficient (Wildman–Crippen LogP) is 2.89. The van der Waals surface area contributed by atoms with Gasteiger partial charge in [-0.25, -0.2) is 0 Å². The summed E-state index contributed by atoms with van der Waals surface area (Å²) in [4.78, 5) is 14.8. The van der Waals surface area contributed by atoms with Crippen LogP contribution in [0.15, 0.2) is 18.3 Å². The highest BCUT2D eigenvalue weighted by atomic mass is 79.9. The number of carbonyl (C=O) groups is 1. The lowest BCUT2D eigenvalue weighted by Crippen LogP contribution is -2.01. The average molecular weight is 315 g/mol. The van der Waals surface area contributed by atoms with E-state index in [2.05, 4.69) is 20.9 Å². The molecule has 0 aliphatic rings. The standard InChI is InChI=1S/C7H5BrClNO.BrH/c8-4-7(11)6-3-5(9)1-2-10-6;/h1-3H,4H2;1H. The van der Waals surface area contributed by atoms with Crippen LogP contribution in [0, 0.1) is 0 Å². The molecular weight excluding hydrogens is 309 g/mol. The highest BCUT2D eigenvalue weighted by molar-refractivity contribution is 9.09. The first kappa shape index (κ1) is 12.1. The van der Waals surface area contributed by atoms with Gasteiger partial charge in [-0.15, -0.1) is 17.0 Å². The molecule has 0 aliphatic heterocycles. The van der Waals surface area contributed by atoms with Gasteiger partial charge >= 0.3 is 0 Å². The Morgan fingerprint density at radius 3 is 2.83 bits per heavy atom. The molecule has 0 spiro atoms. The molecule has 0 aliphatic carbocycles. The molecule has 12 heavy (non-hydrogen) atoms. The molecule has 0 atom stereocenters. The smallest absolute Gasteiger partial charge is 0.191 e. The van der Waals surface area contributed by atoms with E-state index in [4.69, 9.17) is 11.6 Å². The van der Waals surface area contributed by atoms with Crippen molar-refractivity contribution in [3.63, 3.8) is 0 Å². The molecule has 0 aromatic carbocycles. The Kier molecular flexibility index (Phi) is 5.70. The molecule has 0 radical (unpaired) electrons. The predicted molar refractivity (Wildman–Crippen MR) is 57.7 cm³/mol. The largest absolute Gasteiger partial charge is 0.291 e. The minimum atomic E-state index is -0.0625. The van der Waals surface area contributed by atoms with E-state index in [-0.39, 0.29) is 28.1 Å². The SMILES string of the molecule is Br.O=C(CBr)c1cc(Cl)ccn1. The van der Waals surface area contributed by atoms with Crippen molar-refractivity contribution in [1.29, 1.82) is 0 Å². The number of ketones is 1. The van der Waals surface area contributed by atoms with Crippen molar-refractivity contribution in [3.8, 4) is 0 Å². The van der Waals surface area contributed by atoms with Gasteiger partial charge in [0.1, 0.15) is 5.69 Å². The first-order valence-corrected chi connectivity index (χ1v) is 4.44. The number of pyridine rings is 1. The molecule has 66 valence electrons. The second kappa shape index (κ2) is 5.67. The maximum absolute atomic E-state index is 11.0. The van der Waals surface area contributed by atoms with Crippen molar-refractivity contribution < 1.29 is 4.79 Å². The van der Waals surface area contributed by atoms with Gasteiger partial charge < -0.3 is 0 Å². The third kappa shape index (κ3) is 3.21. The highest BCUT2D eigenvalue weighted by Gasteiger charge is 2.04. The number of alkyl halides is 1. The Morgan fingerprint density at radius 1 is 1.67 bits per heavy atom. The van der Waals surface area contributed by atoms with Crippen LogP contribution in [0.2, 0.25) is 5.02 Å². The maximum atomic E-state index is 11.0. The molecule has 5 heteroatoms. The molecule has 0 N–H and O–H groups in total. The number of Topliss-reactive ketones (excluding diaryl/α,β-unsaturated/α-hetero) is 1. The molecule has 1 aromatic rings. The van der Waals surface area contributed by atoms with Crippen LogP contribution in [0.25, 0.3) is 0 Å². The Labute approximate surface area is 94.2 Å². The molecule has 1 heterocycles. The Bertz CT molecular complexity index is 280. The number of rotatable bonds is 2. The molecule has 2 nitrogen and oxygen atoms in total. The first-order chi connectivity index (χ1) is 5.24. The Hall–Kier alpha value is 0.0700. The number of aromatic nitrogens is 1. The van der Waals surface area contributed by atoms with Gasteiger partial charge in [0.05, 0.1) is 5.33 Å². The summed E-state index contributed by atoms with van der Waals surface area (Å²) in [5, 5.41) is 0.810. The normalized spacial score (nSPS) is 8.83. The number of halogens is 3. The zero-order valence-corrected chi connectivity index (χ0v) is 10.0. The summed E-state index contributed by atoms with van der Waals surface area (Å²) in [6, 6.07) is 3.18. The summed E-state index contributed by atoms with van der Waals surface area (Å²) in [7, 11) is 0. The van der Waals surface area contributed by atoms with Crippen molar-refractivity contribution in [2.45, 2.75) is 0 Å². The second-order valence-electron chi connectivity index (χ2n) is 1.92. The first-order valence-electron chi connectivity index (χ1n) is 2.95. The average Bonchev–Trinajstić information content (AvgIpc) is 2.03. The molecular formula is C7H6Br2ClNO. The van der Waals surface area contributed by atoms with Gasteiger partial charge in [0, 0.05) is 11.2 Å². The summed E-state index contributed by atoms with van der Waals surface area (Å²) >= 11 is 8.68. The summed E-state index contributed by atoms with van der Waals surface area (Å²) in [5.74, 6) is -0.0625. The topological polar surface area (TPSA) is 30.0 Å². The second-order valence-corrected chi connectivity index (χ2v) is 2.91. The molecule has 0 saturated heterocycles. The zero-order chi connectivity index (χ0) is 8.27. The Morgan fingerprint density at radius 2 is 2.33 bits per heavy atom. The summed E-state index contributed by atoms with van der Waals surface area (Å²) in [6.45, 7) is 0. The van der Waals surface area contributed by atoms with Gasteiger partial charge in [-0.05, 0) is 12.1 Å². The monoisotopic (exact) mass is 313 g/mol. The molecule has 0 bridgehead atoms. The van der Waals surface area contributed by atoms with Gasteiger partial charge in [-0.3, -0.25) is 9.78 Å². The lowest BCUT2D eigenvalue weighted by Gasteiger charge is -1.94. The van der Waals surface area contributed by atoms with Crippen LogP contribution in [0.1, 0.15) is 10.5 Å². The number of carbonyl (C=O) groups excluding carboxylic acids is 1. The molecule has 0 amide bonds. The van der Waals surface area contributed by atoms with Crippen LogP contribution in [0.5, 0.6) is 0 Å². The van der Waals surface area contributed by atoms with Crippen LogP contribution in [-0.2, 0) is 0 Å². The maximum Gasteiger partial charge on any atom is 0.191 e. The van der Waals surface area contributed by atoms with Gasteiger partial charge in [0.25, 0.3) is 0 Å². The third-order valence-electron chi connectivity index (χ3n) is 1.13. The van der Waals surface area contributed by atoms with E-state index in [9.17, 15) is 4.79 Å². The minimum absolute atomic E-state index is 0. The van der Waals surface area contributed by atoms with E-state index in [1.165, 1.54) is 6.20 Å². The fraction of sp³-hybridized carbons (Fsp3) is 0.143. The van der Waals surface area contributed by atoms with E-state index >= 15 is 0 Å². The lowest BCUT2D eigenvalue weighted by atomic mass is 10.3.